The minimum absolute atomic E-state index is 0.0781. The molecule has 1 atom stereocenters. The van der Waals surface area contributed by atoms with Gasteiger partial charge in [0.25, 0.3) is 0 Å². The van der Waals surface area contributed by atoms with Gasteiger partial charge in [0.1, 0.15) is 5.67 Å². The number of aliphatic hydroxyl groups excluding tert-OH is 1. The number of rotatable bonds is 3. The molecule has 158 valence electrons. The molecule has 1 unspecified atom stereocenters. The van der Waals surface area contributed by atoms with E-state index in [0.717, 1.165) is 29.6 Å². The number of hydrogen-bond donors (Lipinski definition) is 3. The van der Waals surface area contributed by atoms with Gasteiger partial charge < -0.3 is 15.1 Å². The molecule has 2 aromatic heterocycles. The highest BCUT2D eigenvalue weighted by molar-refractivity contribution is 5.85. The smallest absolute Gasteiger partial charge is 0.118 e. The lowest BCUT2D eigenvalue weighted by atomic mass is 9.96. The molecule has 4 aromatic rings. The van der Waals surface area contributed by atoms with Crippen molar-refractivity contribution < 1.29 is 9.50 Å². The maximum Gasteiger partial charge on any atom is 0.118 e. The number of aromatic nitrogens is 2. The molecule has 0 spiro atoms. The summed E-state index contributed by atoms with van der Waals surface area (Å²) in [5.74, 6) is 0. The van der Waals surface area contributed by atoms with E-state index in [1.54, 1.807) is 13.8 Å². The predicted octanol–water partition coefficient (Wildman–Crippen LogP) is 5.32. The van der Waals surface area contributed by atoms with Gasteiger partial charge in [-0.1, -0.05) is 36.4 Å². The molecule has 3 heterocycles. The van der Waals surface area contributed by atoms with Crippen LogP contribution in [0.5, 0.6) is 0 Å². The van der Waals surface area contributed by atoms with Crippen molar-refractivity contribution in [3.05, 3.63) is 71.5 Å². The highest BCUT2D eigenvalue weighted by Crippen LogP contribution is 2.31. The highest BCUT2D eigenvalue weighted by atomic mass is 19.1. The van der Waals surface area contributed by atoms with E-state index < -0.39 is 5.67 Å². The van der Waals surface area contributed by atoms with Gasteiger partial charge in [-0.3, -0.25) is 4.90 Å². The van der Waals surface area contributed by atoms with Crippen LogP contribution in [0, 0.1) is 0 Å². The van der Waals surface area contributed by atoms with Crippen molar-refractivity contribution in [2.24, 2.45) is 0 Å². The Hall–Kier alpha value is -2.63. The molecule has 0 saturated heterocycles. The number of nitrogens with zero attached hydrogens (tertiary/aromatic N) is 1. The summed E-state index contributed by atoms with van der Waals surface area (Å²) in [5.41, 5.74) is 4.67. The molecule has 0 saturated carbocycles. The average molecular weight is 408 g/mol. The van der Waals surface area contributed by atoms with E-state index in [1.165, 1.54) is 22.2 Å². The van der Waals surface area contributed by atoms with Crippen molar-refractivity contribution in [3.8, 4) is 0 Å². The van der Waals surface area contributed by atoms with Crippen LogP contribution in [0.3, 0.4) is 0 Å². The summed E-state index contributed by atoms with van der Waals surface area (Å²) in [6.07, 6.45) is 0.995. The van der Waals surface area contributed by atoms with Gasteiger partial charge in [-0.2, -0.15) is 0 Å². The summed E-state index contributed by atoms with van der Waals surface area (Å²) in [6, 6.07) is 18.7. The van der Waals surface area contributed by atoms with Gasteiger partial charge in [0, 0.05) is 46.9 Å². The van der Waals surface area contributed by atoms with Crippen molar-refractivity contribution in [1.29, 1.82) is 0 Å². The van der Waals surface area contributed by atoms with Crippen molar-refractivity contribution in [1.82, 2.24) is 14.9 Å². The number of aromatic amines is 2. The second kappa shape index (κ2) is 8.25. The molecule has 30 heavy (non-hydrogen) atoms. The van der Waals surface area contributed by atoms with Crippen LogP contribution < -0.4 is 0 Å². The van der Waals surface area contributed by atoms with Crippen LogP contribution in [0.25, 0.3) is 21.8 Å². The lowest BCUT2D eigenvalue weighted by molar-refractivity contribution is 0.0853. The zero-order valence-corrected chi connectivity index (χ0v) is 17.9. The standard InChI is InChI=1S/C16H21FN2.C9H9NO/c1-11-8-13-12-6-4-5-7-14(12)18-15(13)9-19(11)10-16(2,3)17;11-6-8-5-7-3-1-2-4-9(7)10-8/h4-7,11,18H,8-10H2,1-3H3;1-5,10-11H,6H2. The molecular weight excluding hydrogens is 377 g/mol. The minimum atomic E-state index is -1.14. The van der Waals surface area contributed by atoms with Crippen molar-refractivity contribution in [3.63, 3.8) is 0 Å². The van der Waals surface area contributed by atoms with Crippen LogP contribution >= 0.6 is 0 Å². The van der Waals surface area contributed by atoms with Crippen molar-refractivity contribution >= 4 is 21.8 Å². The summed E-state index contributed by atoms with van der Waals surface area (Å²) in [4.78, 5) is 8.82. The molecular formula is C25H30FN3O. The Labute approximate surface area is 176 Å². The molecule has 0 radical (unpaired) electrons. The quantitative estimate of drug-likeness (QED) is 0.430. The number of fused-ring (bicyclic) bond motifs is 4. The zero-order valence-electron chi connectivity index (χ0n) is 17.9. The van der Waals surface area contributed by atoms with E-state index >= 15 is 0 Å². The molecule has 5 heteroatoms. The number of alkyl halides is 1. The normalized spacial score (nSPS) is 17.0. The van der Waals surface area contributed by atoms with E-state index in [2.05, 4.69) is 46.1 Å². The Balaban J connectivity index is 0.000000168. The van der Waals surface area contributed by atoms with E-state index in [-0.39, 0.29) is 6.61 Å². The molecule has 0 aliphatic carbocycles. The molecule has 3 N–H and O–H groups in total. The van der Waals surface area contributed by atoms with E-state index in [1.807, 2.05) is 30.3 Å². The summed E-state index contributed by atoms with van der Waals surface area (Å²) in [5, 5.41) is 11.3. The summed E-state index contributed by atoms with van der Waals surface area (Å²) < 4.78 is 13.9. The number of para-hydroxylation sites is 2. The van der Waals surface area contributed by atoms with E-state index in [4.69, 9.17) is 5.11 Å². The van der Waals surface area contributed by atoms with Crippen LogP contribution in [0.2, 0.25) is 0 Å². The largest absolute Gasteiger partial charge is 0.390 e. The Morgan fingerprint density at radius 1 is 1.07 bits per heavy atom. The van der Waals surface area contributed by atoms with E-state index in [0.29, 0.717) is 12.6 Å². The number of nitrogens with one attached hydrogen (secondary N) is 2. The van der Waals surface area contributed by atoms with Gasteiger partial charge in [0.2, 0.25) is 0 Å². The Kier molecular flexibility index (Phi) is 5.67. The maximum absolute atomic E-state index is 13.9. The van der Waals surface area contributed by atoms with Gasteiger partial charge in [-0.05, 0) is 56.3 Å². The molecule has 0 amide bonds. The summed E-state index contributed by atoms with van der Waals surface area (Å²) in [7, 11) is 0. The molecule has 5 rings (SSSR count). The second-order valence-electron chi connectivity index (χ2n) is 8.84. The highest BCUT2D eigenvalue weighted by Gasteiger charge is 2.30. The third-order valence-electron chi connectivity index (χ3n) is 5.72. The maximum atomic E-state index is 13.9. The molecule has 2 aromatic carbocycles. The van der Waals surface area contributed by atoms with Gasteiger partial charge >= 0.3 is 0 Å². The number of aliphatic hydroxyl groups is 1. The molecule has 1 aliphatic heterocycles. The molecule has 4 nitrogen and oxygen atoms in total. The molecule has 1 aliphatic rings. The third-order valence-corrected chi connectivity index (χ3v) is 5.72. The number of benzene rings is 2. The SMILES string of the molecule is CC1Cc2c([nH]c3ccccc23)CN1CC(C)(C)F.OCc1cc2ccccc2[nH]1. The van der Waals surface area contributed by atoms with E-state index in [9.17, 15) is 4.39 Å². The number of H-pyrrole nitrogens is 2. The Morgan fingerprint density at radius 3 is 2.47 bits per heavy atom. The van der Waals surface area contributed by atoms with Gasteiger partial charge in [-0.25, -0.2) is 4.39 Å². The third kappa shape index (κ3) is 4.42. The fourth-order valence-corrected chi connectivity index (χ4v) is 4.32. The first-order chi connectivity index (χ1) is 14.3. The summed E-state index contributed by atoms with van der Waals surface area (Å²) in [6.45, 7) is 6.88. The van der Waals surface area contributed by atoms with Crippen LogP contribution in [0.1, 0.15) is 37.7 Å². The minimum Gasteiger partial charge on any atom is -0.390 e. The second-order valence-corrected chi connectivity index (χ2v) is 8.84. The molecule has 0 fully saturated rings. The monoisotopic (exact) mass is 407 g/mol. The van der Waals surface area contributed by atoms with Crippen molar-refractivity contribution in [2.45, 2.75) is 52.1 Å². The zero-order chi connectivity index (χ0) is 21.3. The molecule has 0 bridgehead atoms. The predicted molar refractivity (Wildman–Crippen MR) is 121 cm³/mol. The number of halogens is 1. The fraction of sp³-hybridized carbons (Fsp3) is 0.360. The van der Waals surface area contributed by atoms with Gasteiger partial charge in [0.05, 0.1) is 6.61 Å². The van der Waals surface area contributed by atoms with Crippen LogP contribution in [0.4, 0.5) is 4.39 Å². The Morgan fingerprint density at radius 2 is 1.77 bits per heavy atom. The first-order valence-electron chi connectivity index (χ1n) is 10.5. The Bertz CT molecular complexity index is 1110. The first-order valence-corrected chi connectivity index (χ1v) is 10.5. The van der Waals surface area contributed by atoms with Crippen LogP contribution in [0.15, 0.2) is 54.6 Å². The van der Waals surface area contributed by atoms with Gasteiger partial charge in [0.15, 0.2) is 0 Å². The first kappa shape index (κ1) is 20.6. The topological polar surface area (TPSA) is 55.1 Å². The summed E-state index contributed by atoms with van der Waals surface area (Å²) >= 11 is 0. The van der Waals surface area contributed by atoms with Crippen LogP contribution in [-0.2, 0) is 19.6 Å². The van der Waals surface area contributed by atoms with Crippen LogP contribution in [-0.4, -0.2) is 38.2 Å². The lowest BCUT2D eigenvalue weighted by Crippen LogP contribution is -2.44. The van der Waals surface area contributed by atoms with Gasteiger partial charge in [-0.15, -0.1) is 0 Å². The number of hydrogen-bond acceptors (Lipinski definition) is 2. The lowest BCUT2D eigenvalue weighted by Gasteiger charge is -2.36. The fourth-order valence-electron chi connectivity index (χ4n) is 4.32. The van der Waals surface area contributed by atoms with Crippen molar-refractivity contribution in [2.75, 3.05) is 6.54 Å². The average Bonchev–Trinajstić information content (AvgIpc) is 3.28.